The molecule has 0 aromatic carbocycles. The minimum atomic E-state index is -0.426. The van der Waals surface area contributed by atoms with Crippen molar-refractivity contribution in [2.45, 2.75) is 46.0 Å². The van der Waals surface area contributed by atoms with Crippen LogP contribution in [0.2, 0.25) is 0 Å². The van der Waals surface area contributed by atoms with Crippen molar-refractivity contribution < 1.29 is 9.59 Å². The fourth-order valence-corrected chi connectivity index (χ4v) is 5.52. The van der Waals surface area contributed by atoms with Crippen molar-refractivity contribution in [3.05, 3.63) is 16.0 Å². The summed E-state index contributed by atoms with van der Waals surface area (Å²) in [6, 6.07) is 0. The van der Waals surface area contributed by atoms with Crippen molar-refractivity contribution in [2.75, 3.05) is 25.0 Å². The molecule has 0 spiro atoms. The Hall–Kier alpha value is -1.40. The van der Waals surface area contributed by atoms with Gasteiger partial charge in [-0.1, -0.05) is 13.8 Å². The number of anilines is 1. The molecule has 0 radical (unpaired) electrons. The number of amides is 2. The Labute approximate surface area is 147 Å². The van der Waals surface area contributed by atoms with Gasteiger partial charge in [0, 0.05) is 18.0 Å². The number of hydrogen-bond donors (Lipinski definition) is 2. The zero-order chi connectivity index (χ0) is 17.3. The minimum absolute atomic E-state index is 0.0441. The van der Waals surface area contributed by atoms with Crippen LogP contribution < -0.4 is 11.1 Å². The van der Waals surface area contributed by atoms with Crippen LogP contribution in [0.15, 0.2) is 0 Å². The molecule has 2 atom stereocenters. The second kappa shape index (κ2) is 7.23. The summed E-state index contributed by atoms with van der Waals surface area (Å²) in [5, 5.41) is 3.61. The molecule has 2 amide bonds. The number of piperidine rings is 1. The summed E-state index contributed by atoms with van der Waals surface area (Å²) in [5.74, 6) is 0.774. The second-order valence-corrected chi connectivity index (χ2v) is 8.57. The summed E-state index contributed by atoms with van der Waals surface area (Å²) < 4.78 is 0. The highest BCUT2D eigenvalue weighted by molar-refractivity contribution is 7.17. The molecule has 6 heteroatoms. The van der Waals surface area contributed by atoms with Crippen LogP contribution in [0.1, 0.15) is 53.9 Å². The number of carbonyl (C=O) groups is 2. The Morgan fingerprint density at radius 1 is 1.21 bits per heavy atom. The standard InChI is InChI=1S/C18H27N3O2S/c1-11-7-12(2)9-21(8-11)10-15(22)20-18-16(17(19)23)13-5-3-4-6-14(13)24-18/h11-12H,3-10H2,1-2H3,(H2,19,23)(H,20,22)/t11-,12-/m1/s1. The zero-order valence-electron chi connectivity index (χ0n) is 14.6. The molecule has 1 aromatic heterocycles. The number of aryl methyl sites for hydroxylation is 1. The van der Waals surface area contributed by atoms with Gasteiger partial charge < -0.3 is 11.1 Å². The first-order chi connectivity index (χ1) is 11.4. The lowest BCUT2D eigenvalue weighted by molar-refractivity contribution is -0.117. The predicted octanol–water partition coefficient (Wildman–Crippen LogP) is 2.64. The number of likely N-dealkylation sites (tertiary alicyclic amines) is 1. The average molecular weight is 350 g/mol. The van der Waals surface area contributed by atoms with Crippen LogP contribution in [0.4, 0.5) is 5.00 Å². The van der Waals surface area contributed by atoms with E-state index in [0.717, 1.165) is 44.3 Å². The first kappa shape index (κ1) is 17.4. The molecule has 2 aliphatic rings. The van der Waals surface area contributed by atoms with Gasteiger partial charge in [-0.2, -0.15) is 0 Å². The fraction of sp³-hybridized carbons (Fsp3) is 0.667. The third-order valence-electron chi connectivity index (χ3n) is 4.98. The zero-order valence-corrected chi connectivity index (χ0v) is 15.4. The van der Waals surface area contributed by atoms with Gasteiger partial charge in [0.25, 0.3) is 5.91 Å². The number of carbonyl (C=O) groups excluding carboxylic acids is 2. The molecule has 1 aliphatic carbocycles. The van der Waals surface area contributed by atoms with Gasteiger partial charge >= 0.3 is 0 Å². The summed E-state index contributed by atoms with van der Waals surface area (Å²) in [4.78, 5) is 27.8. The van der Waals surface area contributed by atoms with E-state index in [1.54, 1.807) is 0 Å². The van der Waals surface area contributed by atoms with Gasteiger partial charge in [-0.05, 0) is 49.5 Å². The number of fused-ring (bicyclic) bond motifs is 1. The molecule has 3 N–H and O–H groups in total. The molecule has 3 rings (SSSR count). The van der Waals surface area contributed by atoms with Gasteiger partial charge in [-0.15, -0.1) is 11.3 Å². The Morgan fingerprint density at radius 3 is 2.54 bits per heavy atom. The third-order valence-corrected chi connectivity index (χ3v) is 6.19. The second-order valence-electron chi connectivity index (χ2n) is 7.47. The average Bonchev–Trinajstić information content (AvgIpc) is 2.83. The fourth-order valence-electron chi connectivity index (χ4n) is 4.20. The summed E-state index contributed by atoms with van der Waals surface area (Å²) in [6.45, 7) is 6.77. The quantitative estimate of drug-likeness (QED) is 0.877. The highest BCUT2D eigenvalue weighted by Crippen LogP contribution is 2.37. The molecule has 1 aliphatic heterocycles. The predicted molar refractivity (Wildman–Crippen MR) is 97.5 cm³/mol. The van der Waals surface area contributed by atoms with Gasteiger partial charge in [0.1, 0.15) is 5.00 Å². The molecule has 132 valence electrons. The van der Waals surface area contributed by atoms with Crippen LogP contribution in [0.5, 0.6) is 0 Å². The monoisotopic (exact) mass is 349 g/mol. The van der Waals surface area contributed by atoms with Crippen LogP contribution >= 0.6 is 11.3 Å². The largest absolute Gasteiger partial charge is 0.365 e. The maximum Gasteiger partial charge on any atom is 0.251 e. The Balaban J connectivity index is 1.70. The molecule has 1 aromatic rings. The van der Waals surface area contributed by atoms with Crippen molar-refractivity contribution in [2.24, 2.45) is 17.6 Å². The van der Waals surface area contributed by atoms with E-state index in [0.29, 0.717) is 28.9 Å². The number of rotatable bonds is 4. The maximum atomic E-state index is 12.5. The van der Waals surface area contributed by atoms with Gasteiger partial charge in [0.05, 0.1) is 12.1 Å². The molecule has 5 nitrogen and oxygen atoms in total. The first-order valence-corrected chi connectivity index (χ1v) is 9.72. The van der Waals surface area contributed by atoms with E-state index in [2.05, 4.69) is 24.1 Å². The van der Waals surface area contributed by atoms with Crippen LogP contribution in [0.25, 0.3) is 0 Å². The van der Waals surface area contributed by atoms with Gasteiger partial charge in [-0.3, -0.25) is 14.5 Å². The molecule has 1 saturated heterocycles. The smallest absolute Gasteiger partial charge is 0.251 e. The van der Waals surface area contributed by atoms with Gasteiger partial charge in [0.15, 0.2) is 0 Å². The van der Waals surface area contributed by atoms with Crippen molar-refractivity contribution in [3.8, 4) is 0 Å². The van der Waals surface area contributed by atoms with E-state index in [9.17, 15) is 9.59 Å². The van der Waals surface area contributed by atoms with E-state index in [1.807, 2.05) is 0 Å². The normalized spacial score (nSPS) is 24.4. The summed E-state index contributed by atoms with van der Waals surface area (Å²) >= 11 is 1.53. The molecule has 0 saturated carbocycles. The molecule has 0 unspecified atom stereocenters. The molecular formula is C18H27N3O2S. The lowest BCUT2D eigenvalue weighted by Gasteiger charge is -2.34. The highest BCUT2D eigenvalue weighted by Gasteiger charge is 2.27. The molecule has 2 heterocycles. The number of nitrogens with zero attached hydrogens (tertiary/aromatic N) is 1. The number of thiophene rings is 1. The highest BCUT2D eigenvalue weighted by atomic mass is 32.1. The molecular weight excluding hydrogens is 322 g/mol. The molecule has 0 bridgehead atoms. The number of nitrogens with two attached hydrogens (primary N) is 1. The van der Waals surface area contributed by atoms with Crippen molar-refractivity contribution in [1.29, 1.82) is 0 Å². The van der Waals surface area contributed by atoms with E-state index in [-0.39, 0.29) is 5.91 Å². The topological polar surface area (TPSA) is 75.4 Å². The Morgan fingerprint density at radius 2 is 1.88 bits per heavy atom. The number of hydrogen-bond acceptors (Lipinski definition) is 4. The summed E-state index contributed by atoms with van der Waals surface area (Å²) in [6.07, 6.45) is 5.32. The van der Waals surface area contributed by atoms with Crippen LogP contribution in [-0.2, 0) is 17.6 Å². The Kier molecular flexibility index (Phi) is 5.25. The molecule has 24 heavy (non-hydrogen) atoms. The summed E-state index contributed by atoms with van der Waals surface area (Å²) in [7, 11) is 0. The number of primary amides is 1. The van der Waals surface area contributed by atoms with E-state index in [1.165, 1.54) is 22.6 Å². The third kappa shape index (κ3) is 3.81. The van der Waals surface area contributed by atoms with Crippen LogP contribution in [-0.4, -0.2) is 36.3 Å². The Bertz CT molecular complexity index is 630. The minimum Gasteiger partial charge on any atom is -0.365 e. The lowest BCUT2D eigenvalue weighted by atomic mass is 9.92. The van der Waals surface area contributed by atoms with Gasteiger partial charge in [-0.25, -0.2) is 0 Å². The molecule has 1 fully saturated rings. The van der Waals surface area contributed by atoms with E-state index >= 15 is 0 Å². The van der Waals surface area contributed by atoms with Crippen molar-refractivity contribution in [1.82, 2.24) is 4.90 Å². The van der Waals surface area contributed by atoms with E-state index < -0.39 is 5.91 Å². The van der Waals surface area contributed by atoms with Crippen LogP contribution in [0, 0.1) is 11.8 Å². The number of nitrogens with one attached hydrogen (secondary N) is 1. The van der Waals surface area contributed by atoms with Crippen LogP contribution in [0.3, 0.4) is 0 Å². The SMILES string of the molecule is C[C@@H]1C[C@@H](C)CN(CC(=O)Nc2sc3c(c2C(N)=O)CCCC3)C1. The van der Waals surface area contributed by atoms with Crippen molar-refractivity contribution >= 4 is 28.2 Å². The van der Waals surface area contributed by atoms with Crippen molar-refractivity contribution in [3.63, 3.8) is 0 Å². The first-order valence-electron chi connectivity index (χ1n) is 8.90. The van der Waals surface area contributed by atoms with Gasteiger partial charge in [0.2, 0.25) is 5.91 Å². The maximum absolute atomic E-state index is 12.5. The summed E-state index contributed by atoms with van der Waals surface area (Å²) in [5.41, 5.74) is 7.19. The van der Waals surface area contributed by atoms with E-state index in [4.69, 9.17) is 5.73 Å². The lowest BCUT2D eigenvalue weighted by Crippen LogP contribution is -2.42.